The minimum absolute atomic E-state index is 0.00396. The van der Waals surface area contributed by atoms with Crippen LogP contribution in [0.1, 0.15) is 51.9 Å². The minimum atomic E-state index is -0.00396. The fraction of sp³-hybridized carbons (Fsp3) is 0.923. The van der Waals surface area contributed by atoms with Crippen LogP contribution in [-0.2, 0) is 9.53 Å². The average molecular weight is 208 g/mol. The molecule has 3 saturated carbocycles. The monoisotopic (exact) mass is 208 g/mol. The Bertz CT molecular complexity index is 286. The predicted molar refractivity (Wildman–Crippen MR) is 57.3 cm³/mol. The van der Waals surface area contributed by atoms with Gasteiger partial charge in [-0.05, 0) is 50.4 Å². The zero-order valence-corrected chi connectivity index (χ0v) is 9.50. The molecule has 2 heteroatoms. The number of ether oxygens (including phenoxy) is 1. The highest BCUT2D eigenvalue weighted by atomic mass is 16.6. The molecular weight excluding hydrogens is 188 g/mol. The first-order valence-electron chi connectivity index (χ1n) is 6.48. The Morgan fingerprint density at radius 2 is 2.27 bits per heavy atom. The van der Waals surface area contributed by atoms with E-state index in [-0.39, 0.29) is 11.6 Å². The van der Waals surface area contributed by atoms with E-state index in [0.717, 1.165) is 12.3 Å². The normalized spacial score (nSPS) is 46.9. The first-order valence-corrected chi connectivity index (χ1v) is 6.48. The van der Waals surface area contributed by atoms with Crippen molar-refractivity contribution in [3.63, 3.8) is 0 Å². The number of carbonyl (C=O) groups excluding carboxylic acids is 1. The number of hydrogen-bond acceptors (Lipinski definition) is 2. The first-order chi connectivity index (χ1) is 7.26. The molecule has 0 saturated heterocycles. The highest BCUT2D eigenvalue weighted by Gasteiger charge is 2.62. The third-order valence-electron chi connectivity index (χ3n) is 5.04. The Labute approximate surface area is 91.4 Å². The van der Waals surface area contributed by atoms with Crippen LogP contribution in [0.4, 0.5) is 0 Å². The van der Waals surface area contributed by atoms with Crippen LogP contribution < -0.4 is 0 Å². The molecule has 15 heavy (non-hydrogen) atoms. The molecule has 4 atom stereocenters. The maximum atomic E-state index is 11.6. The van der Waals surface area contributed by atoms with Gasteiger partial charge < -0.3 is 4.74 Å². The van der Waals surface area contributed by atoms with Crippen LogP contribution in [0.2, 0.25) is 0 Å². The Balaban J connectivity index is 1.85. The molecule has 2 bridgehead atoms. The second kappa shape index (κ2) is 3.23. The van der Waals surface area contributed by atoms with E-state index in [0.29, 0.717) is 18.3 Å². The summed E-state index contributed by atoms with van der Waals surface area (Å²) in [7, 11) is 0. The molecule has 3 fully saturated rings. The van der Waals surface area contributed by atoms with Crippen molar-refractivity contribution in [2.24, 2.45) is 17.8 Å². The van der Waals surface area contributed by atoms with Gasteiger partial charge in [0, 0.05) is 12.3 Å². The molecule has 0 radical (unpaired) electrons. The van der Waals surface area contributed by atoms with E-state index in [2.05, 4.69) is 0 Å². The van der Waals surface area contributed by atoms with Crippen LogP contribution in [0.25, 0.3) is 0 Å². The van der Waals surface area contributed by atoms with Gasteiger partial charge in [0.15, 0.2) is 0 Å². The molecular formula is C13H20O2. The molecule has 3 aliphatic rings. The maximum absolute atomic E-state index is 11.6. The SMILES string of the molecule is CCC(=O)OC12CCCC1C1CCC2C1. The molecule has 0 spiro atoms. The van der Waals surface area contributed by atoms with Crippen LogP contribution in [-0.4, -0.2) is 11.6 Å². The van der Waals surface area contributed by atoms with Gasteiger partial charge >= 0.3 is 5.97 Å². The standard InChI is InChI=1S/C13H20O2/c1-2-12(14)15-13-7-3-4-11(13)9-5-6-10(13)8-9/h9-11H,2-8H2,1H3. The molecule has 0 aromatic heterocycles. The summed E-state index contributed by atoms with van der Waals surface area (Å²) in [5, 5.41) is 0. The van der Waals surface area contributed by atoms with Gasteiger partial charge in [-0.25, -0.2) is 0 Å². The molecule has 84 valence electrons. The van der Waals surface area contributed by atoms with Gasteiger partial charge in [-0.2, -0.15) is 0 Å². The zero-order chi connectivity index (χ0) is 10.5. The second-order valence-electron chi connectivity index (χ2n) is 5.55. The highest BCUT2D eigenvalue weighted by molar-refractivity contribution is 5.69. The maximum Gasteiger partial charge on any atom is 0.306 e. The van der Waals surface area contributed by atoms with Crippen LogP contribution in [0.5, 0.6) is 0 Å². The second-order valence-corrected chi connectivity index (χ2v) is 5.55. The lowest BCUT2D eigenvalue weighted by Crippen LogP contribution is -2.43. The van der Waals surface area contributed by atoms with Crippen LogP contribution in [0, 0.1) is 17.8 Å². The van der Waals surface area contributed by atoms with Gasteiger partial charge in [-0.1, -0.05) is 6.92 Å². The third-order valence-corrected chi connectivity index (χ3v) is 5.04. The van der Waals surface area contributed by atoms with E-state index in [1.165, 1.54) is 32.1 Å². The van der Waals surface area contributed by atoms with Gasteiger partial charge in [0.25, 0.3) is 0 Å². The molecule has 2 nitrogen and oxygen atoms in total. The predicted octanol–water partition coefficient (Wildman–Crippen LogP) is 2.91. The van der Waals surface area contributed by atoms with Gasteiger partial charge in [-0.3, -0.25) is 4.79 Å². The van der Waals surface area contributed by atoms with Crippen LogP contribution >= 0.6 is 0 Å². The lowest BCUT2D eigenvalue weighted by molar-refractivity contribution is -0.169. The van der Waals surface area contributed by atoms with Gasteiger partial charge in [0.2, 0.25) is 0 Å². The summed E-state index contributed by atoms with van der Waals surface area (Å²) in [6.07, 6.45) is 8.28. The van der Waals surface area contributed by atoms with E-state index < -0.39 is 0 Å². The Kier molecular flexibility index (Phi) is 2.08. The fourth-order valence-corrected chi connectivity index (χ4v) is 4.49. The smallest absolute Gasteiger partial charge is 0.306 e. The number of esters is 1. The van der Waals surface area contributed by atoms with Crippen molar-refractivity contribution in [2.45, 2.75) is 57.5 Å². The quantitative estimate of drug-likeness (QED) is 0.652. The summed E-state index contributed by atoms with van der Waals surface area (Å²) in [4.78, 5) is 11.6. The molecule has 0 heterocycles. The molecule has 0 aromatic carbocycles. The van der Waals surface area contributed by atoms with E-state index in [1.54, 1.807) is 0 Å². The van der Waals surface area contributed by atoms with Gasteiger partial charge in [-0.15, -0.1) is 0 Å². The Morgan fingerprint density at radius 3 is 3.07 bits per heavy atom. The third kappa shape index (κ3) is 1.20. The lowest BCUT2D eigenvalue weighted by Gasteiger charge is -2.38. The highest BCUT2D eigenvalue weighted by Crippen LogP contribution is 2.62. The van der Waals surface area contributed by atoms with Gasteiger partial charge in [0.1, 0.15) is 5.60 Å². The number of hydrogen-bond donors (Lipinski definition) is 0. The van der Waals surface area contributed by atoms with E-state index in [4.69, 9.17) is 4.74 Å². The molecule has 0 amide bonds. The summed E-state index contributed by atoms with van der Waals surface area (Å²) in [5.74, 6) is 2.31. The van der Waals surface area contributed by atoms with Crippen molar-refractivity contribution >= 4 is 5.97 Å². The van der Waals surface area contributed by atoms with Crippen LogP contribution in [0.3, 0.4) is 0 Å². The molecule has 0 aliphatic heterocycles. The topological polar surface area (TPSA) is 26.3 Å². The summed E-state index contributed by atoms with van der Waals surface area (Å²) in [5.41, 5.74) is -0.00396. The minimum Gasteiger partial charge on any atom is -0.458 e. The van der Waals surface area contributed by atoms with E-state index in [1.807, 2.05) is 6.92 Å². The zero-order valence-electron chi connectivity index (χ0n) is 9.50. The summed E-state index contributed by atoms with van der Waals surface area (Å²) < 4.78 is 5.87. The van der Waals surface area contributed by atoms with Crippen molar-refractivity contribution < 1.29 is 9.53 Å². The lowest BCUT2D eigenvalue weighted by atomic mass is 9.77. The van der Waals surface area contributed by atoms with Crippen molar-refractivity contribution in [2.75, 3.05) is 0 Å². The molecule has 0 N–H and O–H groups in total. The number of carbonyl (C=O) groups is 1. The molecule has 0 aromatic rings. The first kappa shape index (κ1) is 9.68. The van der Waals surface area contributed by atoms with Crippen LogP contribution in [0.15, 0.2) is 0 Å². The van der Waals surface area contributed by atoms with Crippen molar-refractivity contribution in [3.05, 3.63) is 0 Å². The molecule has 3 rings (SSSR count). The van der Waals surface area contributed by atoms with Crippen molar-refractivity contribution in [1.82, 2.24) is 0 Å². The largest absolute Gasteiger partial charge is 0.458 e. The van der Waals surface area contributed by atoms with E-state index >= 15 is 0 Å². The Hall–Kier alpha value is -0.530. The summed E-state index contributed by atoms with van der Waals surface area (Å²) in [6, 6.07) is 0. The average Bonchev–Trinajstić information content (AvgIpc) is 2.87. The van der Waals surface area contributed by atoms with E-state index in [9.17, 15) is 4.79 Å². The molecule has 4 unspecified atom stereocenters. The molecule has 3 aliphatic carbocycles. The Morgan fingerprint density at radius 1 is 1.40 bits per heavy atom. The van der Waals surface area contributed by atoms with Crippen molar-refractivity contribution in [1.29, 1.82) is 0 Å². The summed E-state index contributed by atoms with van der Waals surface area (Å²) >= 11 is 0. The number of rotatable bonds is 2. The van der Waals surface area contributed by atoms with Gasteiger partial charge in [0.05, 0.1) is 0 Å². The summed E-state index contributed by atoms with van der Waals surface area (Å²) in [6.45, 7) is 1.90. The van der Waals surface area contributed by atoms with Crippen molar-refractivity contribution in [3.8, 4) is 0 Å². The number of fused-ring (bicyclic) bond motifs is 5. The fourth-order valence-electron chi connectivity index (χ4n) is 4.49.